The lowest BCUT2D eigenvalue weighted by molar-refractivity contribution is 0.186. The molecule has 1 fully saturated rings. The molecule has 1 heterocycles. The molecule has 0 aromatic carbocycles. The third-order valence-corrected chi connectivity index (χ3v) is 3.72. The predicted molar refractivity (Wildman–Crippen MR) is 71.7 cm³/mol. The van der Waals surface area contributed by atoms with Gasteiger partial charge in [-0.1, -0.05) is 18.1 Å². The molecular weight excluding hydrogens is 244 g/mol. The Morgan fingerprint density at radius 2 is 2.32 bits per heavy atom. The van der Waals surface area contributed by atoms with Gasteiger partial charge >= 0.3 is 0 Å². The SMILES string of the molecule is COCCCN[C@H]1CCCC[C@H]1n1cc(CO)nn1. The zero-order chi connectivity index (χ0) is 13.5. The summed E-state index contributed by atoms with van der Waals surface area (Å²) in [6.45, 7) is 1.72. The van der Waals surface area contributed by atoms with Gasteiger partial charge < -0.3 is 15.2 Å². The number of ether oxygens (including phenoxy) is 1. The Morgan fingerprint density at radius 3 is 3.05 bits per heavy atom. The van der Waals surface area contributed by atoms with Gasteiger partial charge in [0.15, 0.2) is 0 Å². The summed E-state index contributed by atoms with van der Waals surface area (Å²) in [4.78, 5) is 0. The second-order valence-corrected chi connectivity index (χ2v) is 5.11. The minimum atomic E-state index is -0.0430. The van der Waals surface area contributed by atoms with Crippen LogP contribution in [0.1, 0.15) is 43.8 Å². The molecule has 1 aliphatic rings. The molecule has 0 spiro atoms. The molecule has 19 heavy (non-hydrogen) atoms. The molecule has 1 aromatic rings. The zero-order valence-electron chi connectivity index (χ0n) is 11.6. The van der Waals surface area contributed by atoms with Crippen molar-refractivity contribution in [2.45, 2.75) is 50.8 Å². The molecule has 2 rings (SSSR count). The average Bonchev–Trinajstić information content (AvgIpc) is 2.93. The molecule has 0 amide bonds. The van der Waals surface area contributed by atoms with Gasteiger partial charge in [0.25, 0.3) is 0 Å². The maximum absolute atomic E-state index is 9.07. The molecule has 0 aliphatic heterocycles. The fraction of sp³-hybridized carbons (Fsp3) is 0.846. The number of rotatable bonds is 7. The summed E-state index contributed by atoms with van der Waals surface area (Å²) in [6.07, 6.45) is 7.68. The normalized spacial score (nSPS) is 23.7. The van der Waals surface area contributed by atoms with Crippen LogP contribution in [0.15, 0.2) is 6.20 Å². The molecule has 1 saturated carbocycles. The number of hydrogen-bond donors (Lipinski definition) is 2. The van der Waals surface area contributed by atoms with Gasteiger partial charge in [0.05, 0.1) is 18.8 Å². The van der Waals surface area contributed by atoms with Crippen molar-refractivity contribution in [1.29, 1.82) is 0 Å². The minimum Gasteiger partial charge on any atom is -0.390 e. The van der Waals surface area contributed by atoms with Crippen LogP contribution in [0.3, 0.4) is 0 Å². The van der Waals surface area contributed by atoms with Crippen LogP contribution in [-0.4, -0.2) is 46.4 Å². The van der Waals surface area contributed by atoms with Crippen LogP contribution in [0.4, 0.5) is 0 Å². The third-order valence-electron chi connectivity index (χ3n) is 3.72. The maximum atomic E-state index is 9.07. The highest BCUT2D eigenvalue weighted by atomic mass is 16.5. The Hall–Kier alpha value is -0.980. The molecule has 0 bridgehead atoms. The number of aliphatic hydroxyl groups is 1. The minimum absolute atomic E-state index is 0.0430. The standard InChI is InChI=1S/C13H24N4O2/c1-19-8-4-7-14-12-5-2-3-6-13(12)17-9-11(10-18)15-16-17/h9,12-14,18H,2-8,10H2,1H3/t12-,13+/m0/s1. The van der Waals surface area contributed by atoms with Crippen molar-refractivity contribution in [2.24, 2.45) is 0 Å². The van der Waals surface area contributed by atoms with E-state index in [1.165, 1.54) is 19.3 Å². The Bertz CT molecular complexity index is 369. The highest BCUT2D eigenvalue weighted by molar-refractivity contribution is 4.94. The van der Waals surface area contributed by atoms with E-state index in [0.717, 1.165) is 26.0 Å². The van der Waals surface area contributed by atoms with Crippen molar-refractivity contribution >= 4 is 0 Å². The van der Waals surface area contributed by atoms with Crippen LogP contribution >= 0.6 is 0 Å². The lowest BCUT2D eigenvalue weighted by Crippen LogP contribution is -2.40. The van der Waals surface area contributed by atoms with Crippen molar-refractivity contribution in [1.82, 2.24) is 20.3 Å². The fourth-order valence-electron chi connectivity index (χ4n) is 2.72. The smallest absolute Gasteiger partial charge is 0.108 e. The molecule has 0 radical (unpaired) electrons. The van der Waals surface area contributed by atoms with Gasteiger partial charge in [-0.25, -0.2) is 4.68 Å². The highest BCUT2D eigenvalue weighted by Gasteiger charge is 2.26. The molecule has 108 valence electrons. The highest BCUT2D eigenvalue weighted by Crippen LogP contribution is 2.28. The van der Waals surface area contributed by atoms with Crippen molar-refractivity contribution in [3.63, 3.8) is 0 Å². The number of methoxy groups -OCH3 is 1. The van der Waals surface area contributed by atoms with Gasteiger partial charge in [-0.2, -0.15) is 0 Å². The number of aromatic nitrogens is 3. The van der Waals surface area contributed by atoms with Crippen LogP contribution in [-0.2, 0) is 11.3 Å². The van der Waals surface area contributed by atoms with Crippen molar-refractivity contribution in [2.75, 3.05) is 20.3 Å². The van der Waals surface area contributed by atoms with Crippen LogP contribution in [0, 0.1) is 0 Å². The molecule has 1 aliphatic carbocycles. The predicted octanol–water partition coefficient (Wildman–Crippen LogP) is 0.880. The first kappa shape index (κ1) is 14.4. The summed E-state index contributed by atoms with van der Waals surface area (Å²) in [5.74, 6) is 0. The Balaban J connectivity index is 1.91. The van der Waals surface area contributed by atoms with Crippen LogP contribution in [0.2, 0.25) is 0 Å². The largest absolute Gasteiger partial charge is 0.390 e. The summed E-state index contributed by atoms with van der Waals surface area (Å²) < 4.78 is 6.98. The van der Waals surface area contributed by atoms with Crippen LogP contribution in [0.25, 0.3) is 0 Å². The van der Waals surface area contributed by atoms with E-state index in [0.29, 0.717) is 17.8 Å². The van der Waals surface area contributed by atoms with Gasteiger partial charge in [0.1, 0.15) is 5.69 Å². The third kappa shape index (κ3) is 3.99. The van der Waals surface area contributed by atoms with E-state index in [4.69, 9.17) is 9.84 Å². The van der Waals surface area contributed by atoms with E-state index in [1.807, 2.05) is 10.9 Å². The number of hydrogen-bond acceptors (Lipinski definition) is 5. The molecule has 0 unspecified atom stereocenters. The van der Waals surface area contributed by atoms with Gasteiger partial charge in [-0.3, -0.25) is 0 Å². The zero-order valence-corrected chi connectivity index (χ0v) is 11.6. The molecule has 6 nitrogen and oxygen atoms in total. The van der Waals surface area contributed by atoms with Gasteiger partial charge in [0.2, 0.25) is 0 Å². The van der Waals surface area contributed by atoms with E-state index in [-0.39, 0.29) is 6.61 Å². The van der Waals surface area contributed by atoms with Crippen molar-refractivity contribution in [3.8, 4) is 0 Å². The first-order valence-electron chi connectivity index (χ1n) is 7.09. The summed E-state index contributed by atoms with van der Waals surface area (Å²) in [5, 5.41) is 20.8. The van der Waals surface area contributed by atoms with Gasteiger partial charge in [0, 0.05) is 19.8 Å². The molecule has 0 saturated heterocycles. The first-order valence-corrected chi connectivity index (χ1v) is 7.09. The van der Waals surface area contributed by atoms with E-state index in [1.54, 1.807) is 7.11 Å². The molecule has 2 N–H and O–H groups in total. The number of nitrogens with zero attached hydrogens (tertiary/aromatic N) is 3. The monoisotopic (exact) mass is 268 g/mol. The summed E-state index contributed by atoms with van der Waals surface area (Å²) in [7, 11) is 1.73. The van der Waals surface area contributed by atoms with Crippen molar-refractivity contribution < 1.29 is 9.84 Å². The lowest BCUT2D eigenvalue weighted by Gasteiger charge is -2.32. The van der Waals surface area contributed by atoms with E-state index < -0.39 is 0 Å². The van der Waals surface area contributed by atoms with E-state index >= 15 is 0 Å². The number of aliphatic hydroxyl groups excluding tert-OH is 1. The maximum Gasteiger partial charge on any atom is 0.108 e. The molecule has 6 heteroatoms. The Labute approximate surface area is 114 Å². The second-order valence-electron chi connectivity index (χ2n) is 5.11. The molecule has 2 atom stereocenters. The second kappa shape index (κ2) is 7.57. The van der Waals surface area contributed by atoms with E-state index in [9.17, 15) is 0 Å². The first-order chi connectivity index (χ1) is 9.35. The van der Waals surface area contributed by atoms with E-state index in [2.05, 4.69) is 15.6 Å². The topological polar surface area (TPSA) is 72.2 Å². The van der Waals surface area contributed by atoms with Gasteiger partial charge in [-0.15, -0.1) is 5.10 Å². The Kier molecular flexibility index (Phi) is 5.75. The Morgan fingerprint density at radius 1 is 1.47 bits per heavy atom. The molecule has 1 aromatic heterocycles. The van der Waals surface area contributed by atoms with Crippen LogP contribution in [0.5, 0.6) is 0 Å². The number of nitrogens with one attached hydrogen (secondary N) is 1. The summed E-state index contributed by atoms with van der Waals surface area (Å²) in [6, 6.07) is 0.794. The lowest BCUT2D eigenvalue weighted by atomic mass is 9.90. The average molecular weight is 268 g/mol. The molecular formula is C13H24N4O2. The van der Waals surface area contributed by atoms with Gasteiger partial charge in [-0.05, 0) is 25.8 Å². The summed E-state index contributed by atoms with van der Waals surface area (Å²) >= 11 is 0. The van der Waals surface area contributed by atoms with Crippen molar-refractivity contribution in [3.05, 3.63) is 11.9 Å². The fourth-order valence-corrected chi connectivity index (χ4v) is 2.72. The summed E-state index contributed by atoms with van der Waals surface area (Å²) in [5.41, 5.74) is 0.642. The quantitative estimate of drug-likeness (QED) is 0.718. The van der Waals surface area contributed by atoms with Crippen LogP contribution < -0.4 is 5.32 Å².